The smallest absolute Gasteiger partial charge is 0.274 e. The number of hydroxylamine groups is 1. The third-order valence-electron chi connectivity index (χ3n) is 5.79. The van der Waals surface area contributed by atoms with Crippen molar-refractivity contribution >= 4 is 29.2 Å². The van der Waals surface area contributed by atoms with Gasteiger partial charge in [-0.2, -0.15) is 9.97 Å². The van der Waals surface area contributed by atoms with Crippen LogP contribution < -0.4 is 20.6 Å². The second kappa shape index (κ2) is 11.0. The number of hydrogen-bond donors (Lipinski definition) is 2. The predicted molar refractivity (Wildman–Crippen MR) is 138 cm³/mol. The third-order valence-corrected chi connectivity index (χ3v) is 5.79. The number of carbonyl (C=O) groups excluding carboxylic acids is 1. The molecule has 3 rings (SSSR count). The van der Waals surface area contributed by atoms with E-state index in [1.54, 1.807) is 12.1 Å². The van der Waals surface area contributed by atoms with Gasteiger partial charge < -0.3 is 20.0 Å². The van der Waals surface area contributed by atoms with Crippen molar-refractivity contribution in [3.8, 4) is 0 Å². The summed E-state index contributed by atoms with van der Waals surface area (Å²) < 4.78 is 0. The summed E-state index contributed by atoms with van der Waals surface area (Å²) in [5.41, 5.74) is 4.75. The topological polar surface area (TPSA) is 85.9 Å². The van der Waals surface area contributed by atoms with Gasteiger partial charge in [-0.3, -0.25) is 9.63 Å². The second-order valence-electron chi connectivity index (χ2n) is 10.3. The average Bonchev–Trinajstić information content (AvgIpc) is 2.98. The molecule has 1 amide bonds. The molecule has 0 bridgehead atoms. The molecule has 9 heteroatoms. The van der Waals surface area contributed by atoms with E-state index in [1.165, 1.54) is 7.11 Å². The highest BCUT2D eigenvalue weighted by molar-refractivity contribution is 5.94. The number of benzene rings is 1. The molecule has 2 aromatic rings. The predicted octanol–water partition coefficient (Wildman–Crippen LogP) is 3.44. The molecule has 1 aliphatic heterocycles. The lowest BCUT2D eigenvalue weighted by atomic mass is 9.96. The zero-order chi connectivity index (χ0) is 24.9. The van der Waals surface area contributed by atoms with Gasteiger partial charge in [0, 0.05) is 50.5 Å². The number of nitrogens with one attached hydrogen (secondary N) is 2. The summed E-state index contributed by atoms with van der Waals surface area (Å²) in [5.74, 6) is 1.98. The lowest BCUT2D eigenvalue weighted by Crippen LogP contribution is -2.32. The van der Waals surface area contributed by atoms with Gasteiger partial charge in [0.25, 0.3) is 5.91 Å². The number of rotatable bonds is 7. The summed E-state index contributed by atoms with van der Waals surface area (Å²) in [5, 5.41) is 3.36. The van der Waals surface area contributed by atoms with Gasteiger partial charge in [0.1, 0.15) is 11.6 Å². The first-order valence-electron chi connectivity index (χ1n) is 11.8. The van der Waals surface area contributed by atoms with Gasteiger partial charge in [-0.15, -0.1) is 0 Å². The van der Waals surface area contributed by atoms with E-state index in [-0.39, 0.29) is 11.3 Å². The molecule has 1 aromatic heterocycles. The highest BCUT2D eigenvalue weighted by atomic mass is 16.6. The van der Waals surface area contributed by atoms with Crippen molar-refractivity contribution in [3.05, 3.63) is 35.4 Å². The number of aromatic nitrogens is 2. The quantitative estimate of drug-likeness (QED) is 0.597. The Balaban J connectivity index is 1.96. The van der Waals surface area contributed by atoms with Gasteiger partial charge >= 0.3 is 0 Å². The number of anilines is 4. The van der Waals surface area contributed by atoms with Gasteiger partial charge in [-0.25, -0.2) is 5.48 Å². The molecule has 0 spiro atoms. The second-order valence-corrected chi connectivity index (χ2v) is 10.3. The lowest BCUT2D eigenvalue weighted by molar-refractivity contribution is 0.0537. The minimum absolute atomic E-state index is 0.123. The molecule has 2 heterocycles. The Hall–Kier alpha value is -2.91. The highest BCUT2D eigenvalue weighted by Gasteiger charge is 2.20. The van der Waals surface area contributed by atoms with E-state index in [0.717, 1.165) is 62.0 Å². The molecule has 2 N–H and O–H groups in total. The Morgan fingerprint density at radius 1 is 1.15 bits per heavy atom. The minimum Gasteiger partial charge on any atom is -0.359 e. The van der Waals surface area contributed by atoms with Crippen molar-refractivity contribution in [2.24, 2.45) is 5.41 Å². The molecule has 34 heavy (non-hydrogen) atoms. The monoisotopic (exact) mass is 469 g/mol. The van der Waals surface area contributed by atoms with E-state index < -0.39 is 0 Å². The number of nitrogens with zero attached hydrogens (tertiary/aromatic N) is 5. The first kappa shape index (κ1) is 25.7. The summed E-state index contributed by atoms with van der Waals surface area (Å²) in [6.07, 6.45) is 1.09. The van der Waals surface area contributed by atoms with Crippen molar-refractivity contribution in [1.82, 2.24) is 20.3 Å². The summed E-state index contributed by atoms with van der Waals surface area (Å²) in [6, 6.07) is 7.53. The maximum atomic E-state index is 12.2. The van der Waals surface area contributed by atoms with Crippen LogP contribution in [-0.4, -0.2) is 74.7 Å². The SMILES string of the molecule is CONC(=O)c1ccc(C)c(Nc2nc(N(C)CC(C)(C)C)cc(N3CCCN(C)CC3)n2)c1. The van der Waals surface area contributed by atoms with Crippen LogP contribution in [0.5, 0.6) is 0 Å². The summed E-state index contributed by atoms with van der Waals surface area (Å²) in [6.45, 7) is 13.4. The molecular weight excluding hydrogens is 430 g/mol. The van der Waals surface area contributed by atoms with E-state index in [4.69, 9.17) is 14.8 Å². The normalized spacial score (nSPS) is 15.1. The van der Waals surface area contributed by atoms with Crippen molar-refractivity contribution in [2.75, 3.05) is 69.0 Å². The summed E-state index contributed by atoms with van der Waals surface area (Å²) >= 11 is 0. The van der Waals surface area contributed by atoms with Crippen LogP contribution in [-0.2, 0) is 4.84 Å². The van der Waals surface area contributed by atoms with E-state index >= 15 is 0 Å². The van der Waals surface area contributed by atoms with E-state index in [2.05, 4.69) is 66.4 Å². The first-order chi connectivity index (χ1) is 16.1. The number of aryl methyl sites for hydroxylation is 1. The van der Waals surface area contributed by atoms with Crippen LogP contribution in [0.25, 0.3) is 0 Å². The average molecular weight is 470 g/mol. The number of hydrogen-bond acceptors (Lipinski definition) is 8. The van der Waals surface area contributed by atoms with Crippen molar-refractivity contribution in [3.63, 3.8) is 0 Å². The van der Waals surface area contributed by atoms with Crippen LogP contribution in [0.15, 0.2) is 24.3 Å². The molecular formula is C25H39N7O2. The molecule has 1 fully saturated rings. The summed E-state index contributed by atoms with van der Waals surface area (Å²) in [7, 11) is 5.65. The Labute approximate surface area is 203 Å². The molecule has 9 nitrogen and oxygen atoms in total. The van der Waals surface area contributed by atoms with Gasteiger partial charge in [0.2, 0.25) is 5.95 Å². The van der Waals surface area contributed by atoms with Gasteiger partial charge in [-0.1, -0.05) is 26.8 Å². The van der Waals surface area contributed by atoms with Crippen LogP contribution in [0.4, 0.5) is 23.3 Å². The van der Waals surface area contributed by atoms with Crippen LogP contribution in [0, 0.1) is 12.3 Å². The van der Waals surface area contributed by atoms with Gasteiger partial charge in [0.05, 0.1) is 7.11 Å². The third kappa shape index (κ3) is 7.04. The van der Waals surface area contributed by atoms with Crippen LogP contribution in [0.3, 0.4) is 0 Å². The maximum Gasteiger partial charge on any atom is 0.274 e. The fourth-order valence-electron chi connectivity index (χ4n) is 4.07. The standard InChI is InChI=1S/C25H39N7O2/c1-18-9-10-19(23(33)29-34-7)15-20(18)26-24-27-21(31(6)17-25(2,3)4)16-22(28-24)32-12-8-11-30(5)13-14-32/h9-10,15-16H,8,11-14,17H2,1-7H3,(H,29,33)(H,26,27,28). The lowest BCUT2D eigenvalue weighted by Gasteiger charge is -2.29. The molecule has 186 valence electrons. The van der Waals surface area contributed by atoms with Crippen molar-refractivity contribution < 1.29 is 9.63 Å². The molecule has 1 aliphatic rings. The Morgan fingerprint density at radius 3 is 2.62 bits per heavy atom. The first-order valence-corrected chi connectivity index (χ1v) is 11.8. The minimum atomic E-state index is -0.306. The van der Waals surface area contributed by atoms with Gasteiger partial charge in [0.15, 0.2) is 0 Å². The van der Waals surface area contributed by atoms with E-state index in [1.807, 2.05) is 13.0 Å². The molecule has 1 aromatic carbocycles. The molecule has 0 unspecified atom stereocenters. The zero-order valence-corrected chi connectivity index (χ0v) is 21.6. The van der Waals surface area contributed by atoms with Crippen LogP contribution in [0.1, 0.15) is 43.1 Å². The number of amides is 1. The largest absolute Gasteiger partial charge is 0.359 e. The van der Waals surface area contributed by atoms with Crippen molar-refractivity contribution in [1.29, 1.82) is 0 Å². The van der Waals surface area contributed by atoms with Gasteiger partial charge in [-0.05, 0) is 50.0 Å². The molecule has 0 atom stereocenters. The fourth-order valence-corrected chi connectivity index (χ4v) is 4.07. The van der Waals surface area contributed by atoms with Crippen LogP contribution in [0.2, 0.25) is 0 Å². The molecule has 0 aliphatic carbocycles. The maximum absolute atomic E-state index is 12.2. The Morgan fingerprint density at radius 2 is 1.91 bits per heavy atom. The van der Waals surface area contributed by atoms with Crippen LogP contribution >= 0.6 is 0 Å². The number of likely N-dealkylation sites (N-methyl/N-ethyl adjacent to an activating group) is 1. The van der Waals surface area contributed by atoms with E-state index in [0.29, 0.717) is 11.5 Å². The fraction of sp³-hybridized carbons (Fsp3) is 0.560. The Bertz CT molecular complexity index is 990. The molecule has 0 saturated carbocycles. The summed E-state index contributed by atoms with van der Waals surface area (Å²) in [4.78, 5) is 33.6. The highest BCUT2D eigenvalue weighted by Crippen LogP contribution is 2.27. The van der Waals surface area contributed by atoms with Crippen molar-refractivity contribution in [2.45, 2.75) is 34.1 Å². The zero-order valence-electron chi connectivity index (χ0n) is 21.6. The molecule has 1 saturated heterocycles. The number of carbonyl (C=O) groups is 1. The van der Waals surface area contributed by atoms with E-state index in [9.17, 15) is 4.79 Å². The Kier molecular flexibility index (Phi) is 8.33. The molecule has 0 radical (unpaired) electrons.